The quantitative estimate of drug-likeness (QED) is 0.698. The van der Waals surface area contributed by atoms with Gasteiger partial charge >= 0.3 is 5.97 Å². The molecule has 0 radical (unpaired) electrons. The highest BCUT2D eigenvalue weighted by molar-refractivity contribution is 5.96. The van der Waals surface area contributed by atoms with Crippen LogP contribution in [0.2, 0.25) is 0 Å². The van der Waals surface area contributed by atoms with E-state index in [1.807, 2.05) is 24.3 Å². The van der Waals surface area contributed by atoms with Crippen LogP contribution in [0.5, 0.6) is 17.2 Å². The lowest BCUT2D eigenvalue weighted by Gasteiger charge is -2.07. The number of benzene rings is 2. The molecule has 0 bridgehead atoms. The minimum Gasteiger partial charge on any atom is -0.497 e. The summed E-state index contributed by atoms with van der Waals surface area (Å²) in [7, 11) is 4.72. The van der Waals surface area contributed by atoms with Crippen molar-refractivity contribution >= 4 is 5.97 Å². The van der Waals surface area contributed by atoms with Crippen molar-refractivity contribution in [3.63, 3.8) is 0 Å². The number of rotatable bonds is 6. The first-order valence-electron chi connectivity index (χ1n) is 7.90. The van der Waals surface area contributed by atoms with Crippen molar-refractivity contribution in [2.75, 3.05) is 21.3 Å². The molecule has 0 saturated heterocycles. The number of carbonyl (C=O) groups is 1. The number of aromatic nitrogens is 1. The van der Waals surface area contributed by atoms with Gasteiger partial charge in [0.1, 0.15) is 22.9 Å². The van der Waals surface area contributed by atoms with Crippen LogP contribution >= 0.6 is 0 Å². The van der Waals surface area contributed by atoms with Gasteiger partial charge in [-0.1, -0.05) is 12.1 Å². The van der Waals surface area contributed by atoms with Gasteiger partial charge in [0.2, 0.25) is 0 Å². The Labute approximate surface area is 151 Å². The number of hydrogen-bond acceptors (Lipinski definition) is 4. The van der Waals surface area contributed by atoms with Gasteiger partial charge in [0, 0.05) is 22.9 Å². The summed E-state index contributed by atoms with van der Waals surface area (Å²) in [6, 6.07) is 14.4. The molecular weight excluding hydrogens is 334 g/mol. The van der Waals surface area contributed by atoms with Gasteiger partial charge in [-0.25, -0.2) is 4.79 Å². The molecule has 0 spiro atoms. The largest absolute Gasteiger partial charge is 0.497 e. The third kappa shape index (κ3) is 3.35. The van der Waals surface area contributed by atoms with E-state index < -0.39 is 5.97 Å². The number of nitrogens with one attached hydrogen (secondary N) is 1. The summed E-state index contributed by atoms with van der Waals surface area (Å²) < 4.78 is 15.7. The molecule has 6 heteroatoms. The van der Waals surface area contributed by atoms with Crippen molar-refractivity contribution in [2.45, 2.75) is 0 Å². The van der Waals surface area contributed by atoms with Crippen LogP contribution in [0.25, 0.3) is 22.4 Å². The molecule has 0 atom stereocenters. The van der Waals surface area contributed by atoms with E-state index in [1.54, 1.807) is 45.6 Å². The number of carboxylic acid groups (broad SMARTS) is 1. The molecule has 0 amide bonds. The minimum absolute atomic E-state index is 0.118. The predicted molar refractivity (Wildman–Crippen MR) is 98.3 cm³/mol. The third-order valence-corrected chi connectivity index (χ3v) is 4.10. The molecule has 1 heterocycles. The summed E-state index contributed by atoms with van der Waals surface area (Å²) in [5.74, 6) is 0.921. The first kappa shape index (κ1) is 17.4. The lowest BCUT2D eigenvalue weighted by Crippen LogP contribution is -1.99. The normalized spacial score (nSPS) is 10.4. The van der Waals surface area contributed by atoms with Gasteiger partial charge < -0.3 is 24.3 Å². The molecule has 0 aliphatic carbocycles. The van der Waals surface area contributed by atoms with Crippen LogP contribution in [0, 0.1) is 0 Å². The molecule has 0 fully saturated rings. The Balaban J connectivity index is 2.11. The van der Waals surface area contributed by atoms with Gasteiger partial charge in [0.15, 0.2) is 0 Å². The van der Waals surface area contributed by atoms with E-state index in [0.717, 1.165) is 11.1 Å². The van der Waals surface area contributed by atoms with Crippen LogP contribution in [0.3, 0.4) is 0 Å². The lowest BCUT2D eigenvalue weighted by molar-refractivity contribution is 0.0692. The molecule has 3 rings (SSSR count). The Bertz CT molecular complexity index is 906. The van der Waals surface area contributed by atoms with Gasteiger partial charge in [0.25, 0.3) is 0 Å². The van der Waals surface area contributed by atoms with Crippen LogP contribution in [0.1, 0.15) is 10.5 Å². The fourth-order valence-electron chi connectivity index (χ4n) is 2.74. The number of aromatic carboxylic acids is 1. The topological polar surface area (TPSA) is 80.8 Å². The zero-order chi connectivity index (χ0) is 18.7. The molecule has 1 aromatic heterocycles. The number of carboxylic acids is 1. The van der Waals surface area contributed by atoms with E-state index in [9.17, 15) is 9.90 Å². The van der Waals surface area contributed by atoms with Crippen LogP contribution in [0.15, 0.2) is 48.5 Å². The minimum atomic E-state index is -1.03. The van der Waals surface area contributed by atoms with E-state index in [2.05, 4.69) is 4.98 Å². The summed E-state index contributed by atoms with van der Waals surface area (Å²) >= 11 is 0. The molecule has 3 aromatic rings. The molecule has 134 valence electrons. The number of ether oxygens (including phenoxy) is 3. The maximum atomic E-state index is 11.7. The number of methoxy groups -OCH3 is 3. The zero-order valence-corrected chi connectivity index (χ0v) is 14.7. The van der Waals surface area contributed by atoms with Crippen molar-refractivity contribution in [1.82, 2.24) is 4.98 Å². The molecule has 26 heavy (non-hydrogen) atoms. The fourth-order valence-corrected chi connectivity index (χ4v) is 2.74. The molecular formula is C20H19NO5. The van der Waals surface area contributed by atoms with Crippen LogP contribution in [-0.4, -0.2) is 37.4 Å². The molecule has 0 aliphatic rings. The average Bonchev–Trinajstić information content (AvgIpc) is 3.13. The molecule has 2 aromatic carbocycles. The van der Waals surface area contributed by atoms with Gasteiger partial charge in [0.05, 0.1) is 21.3 Å². The van der Waals surface area contributed by atoms with Crippen molar-refractivity contribution in [2.24, 2.45) is 0 Å². The first-order valence-corrected chi connectivity index (χ1v) is 7.90. The standard InChI is InChI=1S/C20H19NO5/c1-24-14-6-4-12(5-7-14)17-11-18(21-19(17)20(22)23)13-8-15(25-2)10-16(9-13)26-3/h4-11,21H,1-3H3,(H,22,23). The summed E-state index contributed by atoms with van der Waals surface area (Å²) in [4.78, 5) is 14.7. The Kier molecular flexibility index (Phi) is 4.84. The lowest BCUT2D eigenvalue weighted by atomic mass is 10.0. The monoisotopic (exact) mass is 353 g/mol. The molecule has 2 N–H and O–H groups in total. The fraction of sp³-hybridized carbons (Fsp3) is 0.150. The second-order valence-corrected chi connectivity index (χ2v) is 5.61. The van der Waals surface area contributed by atoms with E-state index in [4.69, 9.17) is 14.2 Å². The number of hydrogen-bond donors (Lipinski definition) is 2. The Morgan fingerprint density at radius 1 is 0.808 bits per heavy atom. The van der Waals surface area contributed by atoms with Gasteiger partial charge in [-0.2, -0.15) is 0 Å². The molecule has 0 aliphatic heterocycles. The second kappa shape index (κ2) is 7.23. The highest BCUT2D eigenvalue weighted by Crippen LogP contribution is 2.34. The highest BCUT2D eigenvalue weighted by atomic mass is 16.5. The number of aromatic amines is 1. The SMILES string of the molecule is COc1ccc(-c2cc(-c3cc(OC)cc(OC)c3)[nH]c2C(=O)O)cc1. The van der Waals surface area contributed by atoms with Crippen molar-refractivity contribution < 1.29 is 24.1 Å². The summed E-state index contributed by atoms with van der Waals surface area (Å²) in [6.07, 6.45) is 0. The van der Waals surface area contributed by atoms with E-state index in [-0.39, 0.29) is 5.69 Å². The van der Waals surface area contributed by atoms with Crippen molar-refractivity contribution in [1.29, 1.82) is 0 Å². The van der Waals surface area contributed by atoms with Gasteiger partial charge in [-0.05, 0) is 35.9 Å². The predicted octanol–water partition coefficient (Wildman–Crippen LogP) is 4.07. The van der Waals surface area contributed by atoms with Gasteiger partial charge in [-0.3, -0.25) is 0 Å². The summed E-state index contributed by atoms with van der Waals surface area (Å²) in [5, 5.41) is 9.58. The maximum absolute atomic E-state index is 11.7. The van der Waals surface area contributed by atoms with Crippen molar-refractivity contribution in [3.8, 4) is 39.6 Å². The second-order valence-electron chi connectivity index (χ2n) is 5.61. The first-order chi connectivity index (χ1) is 12.5. The molecule has 0 unspecified atom stereocenters. The molecule has 6 nitrogen and oxygen atoms in total. The van der Waals surface area contributed by atoms with Crippen LogP contribution < -0.4 is 14.2 Å². The van der Waals surface area contributed by atoms with E-state index in [1.165, 1.54) is 0 Å². The molecule has 0 saturated carbocycles. The average molecular weight is 353 g/mol. The maximum Gasteiger partial charge on any atom is 0.352 e. The van der Waals surface area contributed by atoms with Crippen LogP contribution in [-0.2, 0) is 0 Å². The van der Waals surface area contributed by atoms with Crippen LogP contribution in [0.4, 0.5) is 0 Å². The zero-order valence-electron chi connectivity index (χ0n) is 14.7. The Morgan fingerprint density at radius 2 is 1.38 bits per heavy atom. The summed E-state index contributed by atoms with van der Waals surface area (Å²) in [6.45, 7) is 0. The third-order valence-electron chi connectivity index (χ3n) is 4.10. The Morgan fingerprint density at radius 3 is 1.88 bits per heavy atom. The van der Waals surface area contributed by atoms with Gasteiger partial charge in [-0.15, -0.1) is 0 Å². The summed E-state index contributed by atoms with van der Waals surface area (Å²) in [5.41, 5.74) is 2.92. The van der Waals surface area contributed by atoms with Crippen molar-refractivity contribution in [3.05, 3.63) is 54.2 Å². The van der Waals surface area contributed by atoms with E-state index >= 15 is 0 Å². The highest BCUT2D eigenvalue weighted by Gasteiger charge is 2.18. The number of H-pyrrole nitrogens is 1. The Hall–Kier alpha value is -3.41. The van der Waals surface area contributed by atoms with E-state index in [0.29, 0.717) is 28.5 Å². The smallest absolute Gasteiger partial charge is 0.352 e.